The Labute approximate surface area is 86.3 Å². The van der Waals surface area contributed by atoms with Gasteiger partial charge >= 0.3 is 0 Å². The van der Waals surface area contributed by atoms with Crippen molar-refractivity contribution < 1.29 is 0 Å². The number of hydrogen-bond donors (Lipinski definition) is 0. The van der Waals surface area contributed by atoms with Gasteiger partial charge in [0.1, 0.15) is 0 Å². The van der Waals surface area contributed by atoms with Crippen molar-refractivity contribution in [3.05, 3.63) is 18.0 Å². The molecule has 1 aliphatic carbocycles. The normalized spacial score (nSPS) is 26.1. The van der Waals surface area contributed by atoms with E-state index in [2.05, 4.69) is 29.8 Å². The fraction of sp³-hybridized carbons (Fsp3) is 0.750. The largest absolute Gasteiger partial charge is 0.272 e. The Morgan fingerprint density at radius 1 is 1.50 bits per heavy atom. The first kappa shape index (κ1) is 9.75. The second-order valence-corrected chi connectivity index (χ2v) is 4.57. The third kappa shape index (κ3) is 1.99. The molecule has 0 aliphatic heterocycles. The molecule has 1 fully saturated rings. The Balaban J connectivity index is 1.79. The molecule has 2 unspecified atom stereocenters. The number of aryl methyl sites for hydroxylation is 2. The molecule has 2 atom stereocenters. The van der Waals surface area contributed by atoms with Gasteiger partial charge < -0.3 is 0 Å². The minimum absolute atomic E-state index is 0.955. The summed E-state index contributed by atoms with van der Waals surface area (Å²) in [6.45, 7) is 5.65. The standard InChI is InChI=1S/C12H20N2/c1-3-11-8-13-14(9-11)7-6-12-5-4-10(12)2/h8-10,12H,3-7H2,1-2H3. The fourth-order valence-corrected chi connectivity index (χ4v) is 2.17. The molecular weight excluding hydrogens is 172 g/mol. The quantitative estimate of drug-likeness (QED) is 0.717. The first-order chi connectivity index (χ1) is 6.79. The highest BCUT2D eigenvalue weighted by atomic mass is 15.3. The van der Waals surface area contributed by atoms with Gasteiger partial charge in [-0.05, 0) is 36.7 Å². The average molecular weight is 192 g/mol. The maximum Gasteiger partial charge on any atom is 0.0521 e. The molecule has 0 radical (unpaired) electrons. The summed E-state index contributed by atoms with van der Waals surface area (Å²) in [7, 11) is 0. The molecule has 0 aromatic carbocycles. The van der Waals surface area contributed by atoms with Gasteiger partial charge in [-0.25, -0.2) is 0 Å². The van der Waals surface area contributed by atoms with Crippen LogP contribution in [0.4, 0.5) is 0 Å². The summed E-state index contributed by atoms with van der Waals surface area (Å²) >= 11 is 0. The monoisotopic (exact) mass is 192 g/mol. The van der Waals surface area contributed by atoms with Gasteiger partial charge in [-0.1, -0.05) is 20.3 Å². The first-order valence-corrected chi connectivity index (χ1v) is 5.81. The summed E-state index contributed by atoms with van der Waals surface area (Å²) in [6, 6.07) is 0. The lowest BCUT2D eigenvalue weighted by Gasteiger charge is -2.33. The summed E-state index contributed by atoms with van der Waals surface area (Å²) in [6.07, 6.45) is 9.45. The van der Waals surface area contributed by atoms with Crippen LogP contribution < -0.4 is 0 Å². The van der Waals surface area contributed by atoms with E-state index < -0.39 is 0 Å². The molecule has 1 heterocycles. The Morgan fingerprint density at radius 3 is 2.86 bits per heavy atom. The third-order valence-electron chi connectivity index (χ3n) is 3.62. The van der Waals surface area contributed by atoms with E-state index in [1.165, 1.54) is 24.8 Å². The molecule has 1 saturated carbocycles. The van der Waals surface area contributed by atoms with Gasteiger partial charge in [-0.2, -0.15) is 5.10 Å². The van der Waals surface area contributed by atoms with Crippen molar-refractivity contribution in [2.45, 2.75) is 46.1 Å². The highest BCUT2D eigenvalue weighted by Crippen LogP contribution is 2.36. The number of aromatic nitrogens is 2. The fourth-order valence-electron chi connectivity index (χ4n) is 2.17. The summed E-state index contributed by atoms with van der Waals surface area (Å²) in [5.74, 6) is 1.92. The number of rotatable bonds is 4. The van der Waals surface area contributed by atoms with Gasteiger partial charge in [0.25, 0.3) is 0 Å². The highest BCUT2D eigenvalue weighted by molar-refractivity contribution is 5.02. The predicted octanol–water partition coefficient (Wildman–Crippen LogP) is 2.88. The minimum atomic E-state index is 0.955. The van der Waals surface area contributed by atoms with Crippen LogP contribution in [0, 0.1) is 11.8 Å². The summed E-state index contributed by atoms with van der Waals surface area (Å²) in [4.78, 5) is 0. The van der Waals surface area contributed by atoms with Gasteiger partial charge in [-0.3, -0.25) is 4.68 Å². The zero-order valence-electron chi connectivity index (χ0n) is 9.24. The number of hydrogen-bond acceptors (Lipinski definition) is 1. The Morgan fingerprint density at radius 2 is 2.36 bits per heavy atom. The molecule has 2 nitrogen and oxygen atoms in total. The summed E-state index contributed by atoms with van der Waals surface area (Å²) < 4.78 is 2.10. The lowest BCUT2D eigenvalue weighted by atomic mass is 9.73. The van der Waals surface area contributed by atoms with Crippen molar-refractivity contribution in [2.75, 3.05) is 0 Å². The van der Waals surface area contributed by atoms with Crippen LogP contribution in [-0.4, -0.2) is 9.78 Å². The Hall–Kier alpha value is -0.790. The van der Waals surface area contributed by atoms with Crippen molar-refractivity contribution in [3.63, 3.8) is 0 Å². The van der Waals surface area contributed by atoms with Crippen LogP contribution in [0.2, 0.25) is 0 Å². The smallest absolute Gasteiger partial charge is 0.0521 e. The van der Waals surface area contributed by atoms with E-state index in [9.17, 15) is 0 Å². The van der Waals surface area contributed by atoms with Crippen molar-refractivity contribution in [3.8, 4) is 0 Å². The molecule has 2 rings (SSSR count). The van der Waals surface area contributed by atoms with E-state index >= 15 is 0 Å². The van der Waals surface area contributed by atoms with Crippen molar-refractivity contribution in [2.24, 2.45) is 11.8 Å². The molecule has 1 aliphatic rings. The van der Waals surface area contributed by atoms with E-state index in [0.717, 1.165) is 24.8 Å². The lowest BCUT2D eigenvalue weighted by molar-refractivity contribution is 0.174. The minimum Gasteiger partial charge on any atom is -0.272 e. The van der Waals surface area contributed by atoms with Crippen LogP contribution in [0.3, 0.4) is 0 Å². The van der Waals surface area contributed by atoms with Gasteiger partial charge in [0, 0.05) is 12.7 Å². The molecule has 0 bridgehead atoms. The molecule has 1 aromatic rings. The van der Waals surface area contributed by atoms with Crippen LogP contribution in [0.1, 0.15) is 38.7 Å². The first-order valence-electron chi connectivity index (χ1n) is 5.81. The Kier molecular flexibility index (Phi) is 2.90. The molecule has 14 heavy (non-hydrogen) atoms. The zero-order valence-corrected chi connectivity index (χ0v) is 9.24. The molecular formula is C12H20N2. The van der Waals surface area contributed by atoms with E-state index in [0.29, 0.717) is 0 Å². The van der Waals surface area contributed by atoms with Crippen LogP contribution in [-0.2, 0) is 13.0 Å². The third-order valence-corrected chi connectivity index (χ3v) is 3.62. The van der Waals surface area contributed by atoms with Crippen LogP contribution in [0.25, 0.3) is 0 Å². The Bertz CT molecular complexity index is 290. The maximum absolute atomic E-state index is 4.36. The van der Waals surface area contributed by atoms with E-state index in [1.54, 1.807) is 0 Å². The lowest BCUT2D eigenvalue weighted by Crippen LogP contribution is -2.24. The average Bonchev–Trinajstić information content (AvgIpc) is 2.64. The van der Waals surface area contributed by atoms with Crippen molar-refractivity contribution >= 4 is 0 Å². The van der Waals surface area contributed by atoms with Crippen molar-refractivity contribution in [1.82, 2.24) is 9.78 Å². The van der Waals surface area contributed by atoms with E-state index in [4.69, 9.17) is 0 Å². The maximum atomic E-state index is 4.36. The van der Waals surface area contributed by atoms with Crippen LogP contribution >= 0.6 is 0 Å². The number of nitrogens with zero attached hydrogens (tertiary/aromatic N) is 2. The topological polar surface area (TPSA) is 17.8 Å². The highest BCUT2D eigenvalue weighted by Gasteiger charge is 2.25. The summed E-state index contributed by atoms with van der Waals surface area (Å²) in [5.41, 5.74) is 1.35. The second kappa shape index (κ2) is 4.16. The van der Waals surface area contributed by atoms with Crippen LogP contribution in [0.15, 0.2) is 12.4 Å². The SMILES string of the molecule is CCc1cnn(CCC2CCC2C)c1. The van der Waals surface area contributed by atoms with E-state index in [1.807, 2.05) is 6.20 Å². The summed E-state index contributed by atoms with van der Waals surface area (Å²) in [5, 5.41) is 4.36. The molecule has 78 valence electrons. The molecule has 0 N–H and O–H groups in total. The van der Waals surface area contributed by atoms with Gasteiger partial charge in [0.15, 0.2) is 0 Å². The van der Waals surface area contributed by atoms with Gasteiger partial charge in [0.05, 0.1) is 6.20 Å². The second-order valence-electron chi connectivity index (χ2n) is 4.57. The molecule has 0 spiro atoms. The van der Waals surface area contributed by atoms with E-state index in [-0.39, 0.29) is 0 Å². The van der Waals surface area contributed by atoms with Gasteiger partial charge in [-0.15, -0.1) is 0 Å². The molecule has 0 saturated heterocycles. The predicted molar refractivity (Wildman–Crippen MR) is 58.1 cm³/mol. The molecule has 2 heteroatoms. The van der Waals surface area contributed by atoms with Gasteiger partial charge in [0.2, 0.25) is 0 Å². The zero-order chi connectivity index (χ0) is 9.97. The van der Waals surface area contributed by atoms with Crippen molar-refractivity contribution in [1.29, 1.82) is 0 Å². The van der Waals surface area contributed by atoms with Crippen LogP contribution in [0.5, 0.6) is 0 Å². The molecule has 0 amide bonds. The molecule has 1 aromatic heterocycles.